The van der Waals surface area contributed by atoms with Gasteiger partial charge in [-0.3, -0.25) is 14.8 Å². The molecule has 2 fully saturated rings. The third kappa shape index (κ3) is 3.66. The number of likely N-dealkylation sites (tertiary alicyclic amines) is 1. The minimum Gasteiger partial charge on any atom is -0.497 e. The van der Waals surface area contributed by atoms with Gasteiger partial charge in [-0.1, -0.05) is 0 Å². The van der Waals surface area contributed by atoms with Crippen LogP contribution in [0.15, 0.2) is 24.3 Å². The molecule has 1 saturated heterocycles. The Morgan fingerprint density at radius 1 is 1.32 bits per heavy atom. The minimum atomic E-state index is -0.128. The summed E-state index contributed by atoms with van der Waals surface area (Å²) in [6.45, 7) is 1.54. The van der Waals surface area contributed by atoms with E-state index in [-0.39, 0.29) is 11.9 Å². The average Bonchev–Trinajstić information content (AvgIpc) is 3.20. The molecule has 1 aliphatic heterocycles. The van der Waals surface area contributed by atoms with Crippen LogP contribution in [-0.2, 0) is 11.3 Å². The summed E-state index contributed by atoms with van der Waals surface area (Å²) in [6, 6.07) is 7.27. The van der Waals surface area contributed by atoms with Gasteiger partial charge in [0.2, 0.25) is 5.91 Å². The first-order chi connectivity index (χ1) is 12.2. The monoisotopic (exact) mass is 341 g/mol. The van der Waals surface area contributed by atoms with Crippen molar-refractivity contribution in [3.8, 4) is 5.75 Å². The SMILES string of the molecule is COc1ccc(NC(=O)[C@@H]2CCCN2Cc2nc(C3CC3)n[nH]2)cc1. The van der Waals surface area contributed by atoms with Gasteiger partial charge in [0.25, 0.3) is 0 Å². The van der Waals surface area contributed by atoms with Gasteiger partial charge >= 0.3 is 0 Å². The van der Waals surface area contributed by atoms with E-state index in [2.05, 4.69) is 25.4 Å². The summed E-state index contributed by atoms with van der Waals surface area (Å²) in [6.07, 6.45) is 4.26. The molecule has 0 unspecified atom stereocenters. The van der Waals surface area contributed by atoms with Crippen molar-refractivity contribution in [1.82, 2.24) is 20.1 Å². The number of H-pyrrole nitrogens is 1. The molecule has 2 heterocycles. The Balaban J connectivity index is 1.38. The van der Waals surface area contributed by atoms with Gasteiger partial charge < -0.3 is 10.1 Å². The first-order valence-corrected chi connectivity index (χ1v) is 8.83. The fourth-order valence-electron chi connectivity index (χ4n) is 3.31. The van der Waals surface area contributed by atoms with Crippen LogP contribution in [0.2, 0.25) is 0 Å². The Bertz CT molecular complexity index is 738. The highest BCUT2D eigenvalue weighted by molar-refractivity contribution is 5.95. The Hall–Kier alpha value is -2.41. The zero-order valence-corrected chi connectivity index (χ0v) is 14.4. The molecule has 2 aliphatic rings. The van der Waals surface area contributed by atoms with Crippen LogP contribution in [0.3, 0.4) is 0 Å². The molecule has 0 spiro atoms. The van der Waals surface area contributed by atoms with Crippen LogP contribution >= 0.6 is 0 Å². The number of aromatic amines is 1. The van der Waals surface area contributed by atoms with E-state index in [9.17, 15) is 4.79 Å². The molecule has 2 N–H and O–H groups in total. The van der Waals surface area contributed by atoms with Crippen LogP contribution in [0.25, 0.3) is 0 Å². The molecule has 1 aromatic heterocycles. The second kappa shape index (κ2) is 6.84. The van der Waals surface area contributed by atoms with Crippen molar-refractivity contribution in [2.45, 2.75) is 44.2 Å². The van der Waals surface area contributed by atoms with E-state index in [4.69, 9.17) is 4.74 Å². The molecule has 25 heavy (non-hydrogen) atoms. The highest BCUT2D eigenvalue weighted by Crippen LogP contribution is 2.37. The number of nitrogens with zero attached hydrogens (tertiary/aromatic N) is 3. The molecule has 0 radical (unpaired) electrons. The minimum absolute atomic E-state index is 0.0320. The van der Waals surface area contributed by atoms with Crippen molar-refractivity contribution >= 4 is 11.6 Å². The maximum atomic E-state index is 12.7. The summed E-state index contributed by atoms with van der Waals surface area (Å²) in [5, 5.41) is 10.3. The third-order valence-electron chi connectivity index (χ3n) is 4.87. The fourth-order valence-corrected chi connectivity index (χ4v) is 3.31. The molecule has 7 heteroatoms. The predicted octanol–water partition coefficient (Wildman–Crippen LogP) is 2.29. The molecule has 1 saturated carbocycles. The average molecular weight is 341 g/mol. The maximum absolute atomic E-state index is 12.7. The summed E-state index contributed by atoms with van der Waals surface area (Å²) in [7, 11) is 1.63. The number of ether oxygens (including phenoxy) is 1. The van der Waals surface area contributed by atoms with Crippen molar-refractivity contribution in [2.24, 2.45) is 0 Å². The summed E-state index contributed by atoms with van der Waals surface area (Å²) in [4.78, 5) is 19.4. The second-order valence-electron chi connectivity index (χ2n) is 6.76. The van der Waals surface area contributed by atoms with E-state index in [1.165, 1.54) is 12.8 Å². The zero-order chi connectivity index (χ0) is 17.2. The first kappa shape index (κ1) is 16.1. The number of rotatable bonds is 6. The Labute approximate surface area is 146 Å². The van der Waals surface area contributed by atoms with Crippen LogP contribution in [-0.4, -0.2) is 45.7 Å². The van der Waals surface area contributed by atoms with Gasteiger partial charge in [0, 0.05) is 11.6 Å². The molecule has 7 nitrogen and oxygen atoms in total. The van der Waals surface area contributed by atoms with Crippen LogP contribution in [0.1, 0.15) is 43.3 Å². The summed E-state index contributed by atoms with van der Waals surface area (Å²) < 4.78 is 5.14. The van der Waals surface area contributed by atoms with E-state index in [0.717, 1.165) is 42.5 Å². The number of carbonyl (C=O) groups excluding carboxylic acids is 1. The molecular formula is C18H23N5O2. The van der Waals surface area contributed by atoms with Crippen LogP contribution < -0.4 is 10.1 Å². The molecule has 1 aliphatic carbocycles. The van der Waals surface area contributed by atoms with Gasteiger partial charge in [0.05, 0.1) is 19.7 Å². The van der Waals surface area contributed by atoms with Crippen LogP contribution in [0.5, 0.6) is 5.75 Å². The maximum Gasteiger partial charge on any atom is 0.241 e. The lowest BCUT2D eigenvalue weighted by atomic mass is 10.2. The van der Waals surface area contributed by atoms with E-state index in [1.807, 2.05) is 24.3 Å². The second-order valence-corrected chi connectivity index (χ2v) is 6.76. The van der Waals surface area contributed by atoms with E-state index < -0.39 is 0 Å². The molecule has 1 atom stereocenters. The number of nitrogens with one attached hydrogen (secondary N) is 2. The van der Waals surface area contributed by atoms with E-state index in [1.54, 1.807) is 7.11 Å². The zero-order valence-electron chi connectivity index (χ0n) is 14.4. The van der Waals surface area contributed by atoms with Crippen LogP contribution in [0.4, 0.5) is 5.69 Å². The lowest BCUT2D eigenvalue weighted by Crippen LogP contribution is -2.39. The Morgan fingerprint density at radius 3 is 2.84 bits per heavy atom. The van der Waals surface area contributed by atoms with Gasteiger partial charge in [-0.15, -0.1) is 0 Å². The highest BCUT2D eigenvalue weighted by atomic mass is 16.5. The lowest BCUT2D eigenvalue weighted by Gasteiger charge is -2.22. The van der Waals surface area contributed by atoms with Gasteiger partial charge in [-0.05, 0) is 56.5 Å². The summed E-state index contributed by atoms with van der Waals surface area (Å²) >= 11 is 0. The van der Waals surface area contributed by atoms with Crippen LogP contribution in [0, 0.1) is 0 Å². The normalized spacial score (nSPS) is 20.6. The fraction of sp³-hybridized carbons (Fsp3) is 0.500. The van der Waals surface area contributed by atoms with E-state index in [0.29, 0.717) is 12.5 Å². The molecule has 1 amide bonds. The summed E-state index contributed by atoms with van der Waals surface area (Å²) in [5.41, 5.74) is 0.785. The van der Waals surface area contributed by atoms with Crippen molar-refractivity contribution in [2.75, 3.05) is 19.0 Å². The quantitative estimate of drug-likeness (QED) is 0.842. The smallest absolute Gasteiger partial charge is 0.241 e. The molecule has 4 rings (SSSR count). The number of carbonyl (C=O) groups is 1. The van der Waals surface area contributed by atoms with Gasteiger partial charge in [0.15, 0.2) is 5.82 Å². The first-order valence-electron chi connectivity index (χ1n) is 8.83. The Kier molecular flexibility index (Phi) is 4.40. The topological polar surface area (TPSA) is 83.1 Å². The predicted molar refractivity (Wildman–Crippen MR) is 93.4 cm³/mol. The third-order valence-corrected chi connectivity index (χ3v) is 4.87. The van der Waals surface area contributed by atoms with E-state index >= 15 is 0 Å². The van der Waals surface area contributed by atoms with Gasteiger partial charge in [0.1, 0.15) is 11.6 Å². The van der Waals surface area contributed by atoms with Crippen molar-refractivity contribution in [1.29, 1.82) is 0 Å². The number of hydrogen-bond acceptors (Lipinski definition) is 5. The summed E-state index contributed by atoms with van der Waals surface area (Å²) in [5.74, 6) is 3.12. The van der Waals surface area contributed by atoms with Gasteiger partial charge in [-0.2, -0.15) is 5.10 Å². The largest absolute Gasteiger partial charge is 0.497 e. The molecule has 1 aromatic carbocycles. The number of amides is 1. The molecular weight excluding hydrogens is 318 g/mol. The Morgan fingerprint density at radius 2 is 2.12 bits per heavy atom. The number of methoxy groups -OCH3 is 1. The van der Waals surface area contributed by atoms with Crippen molar-refractivity contribution < 1.29 is 9.53 Å². The lowest BCUT2D eigenvalue weighted by molar-refractivity contribution is -0.120. The molecule has 0 bridgehead atoms. The van der Waals surface area contributed by atoms with Gasteiger partial charge in [-0.25, -0.2) is 4.98 Å². The van der Waals surface area contributed by atoms with Crippen molar-refractivity contribution in [3.05, 3.63) is 35.9 Å². The van der Waals surface area contributed by atoms with Crippen molar-refractivity contribution in [3.63, 3.8) is 0 Å². The molecule has 132 valence electrons. The standard InChI is InChI=1S/C18H23N5O2/c1-25-14-8-6-13(7-9-14)19-18(24)15-3-2-10-23(15)11-16-20-17(22-21-16)12-4-5-12/h6-9,12,15H,2-5,10-11H2,1H3,(H,19,24)(H,20,21,22)/t15-/m0/s1. The number of benzene rings is 1. The number of hydrogen-bond donors (Lipinski definition) is 2. The number of aromatic nitrogens is 3. The number of anilines is 1. The highest BCUT2D eigenvalue weighted by Gasteiger charge is 2.32. The molecule has 2 aromatic rings.